The summed E-state index contributed by atoms with van der Waals surface area (Å²) in [5.41, 5.74) is -0.564. The third-order valence-corrected chi connectivity index (χ3v) is 7.00. The lowest BCUT2D eigenvalue weighted by molar-refractivity contribution is -0.388. The highest BCUT2D eigenvalue weighted by Gasteiger charge is 2.34. The van der Waals surface area contributed by atoms with E-state index in [4.69, 9.17) is 4.18 Å². The van der Waals surface area contributed by atoms with Gasteiger partial charge in [-0.25, -0.2) is 0 Å². The van der Waals surface area contributed by atoms with E-state index in [1.807, 2.05) is 19.6 Å². The SMILES string of the molecule is Cc1cc([N+](=O)[O-])c(OS(=O)(=O)c2ccccc2[N+](=O)[O-])c([Si](C)(C)C)c1. The molecule has 0 heterocycles. The van der Waals surface area contributed by atoms with Gasteiger partial charge in [0.05, 0.1) is 17.9 Å². The normalized spacial score (nSPS) is 11.9. The minimum Gasteiger partial charge on any atom is -0.372 e. The van der Waals surface area contributed by atoms with Crippen molar-refractivity contribution < 1.29 is 22.4 Å². The van der Waals surface area contributed by atoms with Crippen molar-refractivity contribution in [2.75, 3.05) is 0 Å². The highest BCUT2D eigenvalue weighted by Crippen LogP contribution is 2.33. The molecule has 0 amide bonds. The second-order valence-corrected chi connectivity index (χ2v) is 13.5. The first-order valence-corrected chi connectivity index (χ1v) is 12.7. The van der Waals surface area contributed by atoms with Crippen LogP contribution in [0.5, 0.6) is 5.75 Å². The molecule has 0 saturated carbocycles. The Morgan fingerprint density at radius 1 is 0.963 bits per heavy atom. The van der Waals surface area contributed by atoms with Gasteiger partial charge in [-0.05, 0) is 23.7 Å². The topological polar surface area (TPSA) is 130 Å². The zero-order valence-corrected chi connectivity index (χ0v) is 16.9. The van der Waals surface area contributed by atoms with Crippen molar-refractivity contribution in [3.8, 4) is 5.75 Å². The van der Waals surface area contributed by atoms with E-state index in [1.54, 1.807) is 13.0 Å². The third kappa shape index (κ3) is 4.31. The molecule has 2 aromatic rings. The van der Waals surface area contributed by atoms with Crippen molar-refractivity contribution in [2.45, 2.75) is 31.5 Å². The fourth-order valence-corrected chi connectivity index (χ4v) is 5.23. The first kappa shape index (κ1) is 20.5. The number of nitrogens with zero attached hydrogens (tertiary/aromatic N) is 2. The third-order valence-electron chi connectivity index (χ3n) is 3.74. The smallest absolute Gasteiger partial charge is 0.346 e. The van der Waals surface area contributed by atoms with E-state index >= 15 is 0 Å². The standard InChI is InChI=1S/C16H18N2O7SSi/c1-11-9-13(18(21)22)16(15(10-11)27(2,3)4)25-26(23,24)14-8-6-5-7-12(14)17(19)20/h5-10H,1-4H3. The minimum absolute atomic E-state index is 0.386. The molecular formula is C16H18N2O7SSi. The van der Waals surface area contributed by atoms with Crippen LogP contribution in [0.1, 0.15) is 5.56 Å². The minimum atomic E-state index is -4.66. The summed E-state index contributed by atoms with van der Waals surface area (Å²) >= 11 is 0. The number of nitro groups is 2. The van der Waals surface area contributed by atoms with Gasteiger partial charge in [0.1, 0.15) is 0 Å². The van der Waals surface area contributed by atoms with Gasteiger partial charge in [0.25, 0.3) is 5.69 Å². The molecule has 0 bridgehead atoms. The van der Waals surface area contributed by atoms with Crippen LogP contribution < -0.4 is 9.37 Å². The molecule has 9 nitrogen and oxygen atoms in total. The Hall–Kier alpha value is -2.79. The summed E-state index contributed by atoms with van der Waals surface area (Å²) in [6, 6.07) is 7.56. The Bertz CT molecular complexity index is 1030. The van der Waals surface area contributed by atoms with Crippen LogP contribution in [0.4, 0.5) is 11.4 Å². The molecule has 0 spiro atoms. The molecule has 0 atom stereocenters. The van der Waals surface area contributed by atoms with Crippen LogP contribution in [0.25, 0.3) is 0 Å². The van der Waals surface area contributed by atoms with Gasteiger partial charge < -0.3 is 4.18 Å². The summed E-state index contributed by atoms with van der Waals surface area (Å²) in [4.78, 5) is 20.4. The van der Waals surface area contributed by atoms with Crippen LogP contribution in [0.3, 0.4) is 0 Å². The van der Waals surface area contributed by atoms with Crippen LogP contribution in [0.15, 0.2) is 41.3 Å². The second kappa shape index (κ2) is 7.08. The zero-order valence-electron chi connectivity index (χ0n) is 15.1. The molecule has 2 aromatic carbocycles. The molecule has 0 fully saturated rings. The molecule has 0 unspecified atom stereocenters. The molecule has 2 rings (SSSR count). The quantitative estimate of drug-likeness (QED) is 0.309. The van der Waals surface area contributed by atoms with Crippen molar-refractivity contribution >= 4 is 34.8 Å². The molecule has 0 saturated heterocycles. The van der Waals surface area contributed by atoms with Gasteiger partial charge in [0, 0.05) is 12.1 Å². The van der Waals surface area contributed by atoms with E-state index in [-0.39, 0.29) is 5.75 Å². The average Bonchev–Trinajstić information content (AvgIpc) is 2.54. The van der Waals surface area contributed by atoms with Crippen molar-refractivity contribution in [1.82, 2.24) is 0 Å². The number of rotatable bonds is 6. The van der Waals surface area contributed by atoms with Crippen LogP contribution in [-0.2, 0) is 10.1 Å². The molecule has 0 aliphatic carbocycles. The Balaban J connectivity index is 2.73. The van der Waals surface area contributed by atoms with Gasteiger partial charge in [-0.15, -0.1) is 0 Å². The summed E-state index contributed by atoms with van der Waals surface area (Å²) in [5, 5.41) is 23.1. The van der Waals surface area contributed by atoms with Crippen LogP contribution in [0.2, 0.25) is 19.6 Å². The highest BCUT2D eigenvalue weighted by atomic mass is 32.2. The van der Waals surface area contributed by atoms with E-state index in [1.165, 1.54) is 18.2 Å². The lowest BCUT2D eigenvalue weighted by Crippen LogP contribution is -2.39. The number of nitro benzene ring substituents is 2. The molecule has 11 heteroatoms. The maximum atomic E-state index is 12.7. The van der Waals surface area contributed by atoms with Gasteiger partial charge in [-0.3, -0.25) is 20.2 Å². The van der Waals surface area contributed by atoms with Gasteiger partial charge in [0.2, 0.25) is 5.75 Å². The van der Waals surface area contributed by atoms with Gasteiger partial charge >= 0.3 is 15.8 Å². The molecule has 0 aliphatic rings. The molecular weight excluding hydrogens is 392 g/mol. The maximum absolute atomic E-state index is 12.7. The molecule has 0 aromatic heterocycles. The summed E-state index contributed by atoms with van der Waals surface area (Å²) in [6.45, 7) is 7.32. The van der Waals surface area contributed by atoms with Crippen molar-refractivity contribution in [1.29, 1.82) is 0 Å². The van der Waals surface area contributed by atoms with Crippen molar-refractivity contribution in [3.63, 3.8) is 0 Å². The number of aryl methyl sites for hydroxylation is 1. The van der Waals surface area contributed by atoms with Crippen molar-refractivity contribution in [3.05, 3.63) is 62.2 Å². The van der Waals surface area contributed by atoms with Crippen LogP contribution >= 0.6 is 0 Å². The molecule has 144 valence electrons. The highest BCUT2D eigenvalue weighted by molar-refractivity contribution is 7.87. The Labute approximate surface area is 157 Å². The van der Waals surface area contributed by atoms with E-state index < -0.39 is 44.3 Å². The van der Waals surface area contributed by atoms with Crippen molar-refractivity contribution in [2.24, 2.45) is 0 Å². The largest absolute Gasteiger partial charge is 0.372 e. The maximum Gasteiger partial charge on any atom is 0.346 e. The van der Waals surface area contributed by atoms with Crippen LogP contribution in [-0.4, -0.2) is 26.3 Å². The lowest BCUT2D eigenvalue weighted by Gasteiger charge is -2.21. The average molecular weight is 410 g/mol. The first-order valence-electron chi connectivity index (χ1n) is 7.82. The monoisotopic (exact) mass is 410 g/mol. The number of benzene rings is 2. The predicted octanol–water partition coefficient (Wildman–Crippen LogP) is 3.12. The molecule has 0 aliphatic heterocycles. The Kier molecular flexibility index (Phi) is 5.38. The predicted molar refractivity (Wildman–Crippen MR) is 102 cm³/mol. The zero-order chi connectivity index (χ0) is 20.6. The summed E-state index contributed by atoms with van der Waals surface area (Å²) in [6.07, 6.45) is 0. The van der Waals surface area contributed by atoms with Gasteiger partial charge in [-0.2, -0.15) is 8.42 Å². The Morgan fingerprint density at radius 3 is 2.04 bits per heavy atom. The summed E-state index contributed by atoms with van der Waals surface area (Å²) in [5.74, 6) is -0.386. The summed E-state index contributed by atoms with van der Waals surface area (Å²) < 4.78 is 30.6. The first-order chi connectivity index (χ1) is 12.3. The Morgan fingerprint density at radius 2 is 1.52 bits per heavy atom. The van der Waals surface area contributed by atoms with E-state index in [0.717, 1.165) is 12.1 Å². The van der Waals surface area contributed by atoms with Gasteiger partial charge in [0.15, 0.2) is 4.90 Å². The van der Waals surface area contributed by atoms with E-state index in [0.29, 0.717) is 10.8 Å². The fourth-order valence-electron chi connectivity index (χ4n) is 2.51. The molecule has 27 heavy (non-hydrogen) atoms. The molecule has 0 N–H and O–H groups in total. The lowest BCUT2D eigenvalue weighted by atomic mass is 10.2. The summed E-state index contributed by atoms with van der Waals surface area (Å²) in [7, 11) is -6.91. The second-order valence-electron chi connectivity index (χ2n) is 6.93. The van der Waals surface area contributed by atoms with Crippen LogP contribution in [0, 0.1) is 27.2 Å². The van der Waals surface area contributed by atoms with Gasteiger partial charge in [-0.1, -0.05) is 37.8 Å². The van der Waals surface area contributed by atoms with E-state index in [9.17, 15) is 28.6 Å². The number of hydrogen-bond acceptors (Lipinski definition) is 7. The van der Waals surface area contributed by atoms with E-state index in [2.05, 4.69) is 0 Å². The molecule has 0 radical (unpaired) electrons. The number of para-hydroxylation sites is 1. The number of hydrogen-bond donors (Lipinski definition) is 0. The fraction of sp³-hybridized carbons (Fsp3) is 0.250.